The van der Waals surface area contributed by atoms with E-state index in [2.05, 4.69) is 22.1 Å². The summed E-state index contributed by atoms with van der Waals surface area (Å²) in [6, 6.07) is 31.4. The highest BCUT2D eigenvalue weighted by molar-refractivity contribution is 5.87. The molecule has 0 bridgehead atoms. The number of rotatable bonds is 5. The Morgan fingerprint density at radius 3 is 2.00 bits per heavy atom. The molecule has 1 aliphatic rings. The van der Waals surface area contributed by atoms with Crippen LogP contribution in [0.1, 0.15) is 22.5 Å². The Balaban J connectivity index is 1.79. The number of aromatic nitrogens is 2. The third-order valence-corrected chi connectivity index (χ3v) is 5.69. The van der Waals surface area contributed by atoms with Crippen LogP contribution in [0.15, 0.2) is 139 Å². The van der Waals surface area contributed by atoms with Gasteiger partial charge in [-0.3, -0.25) is 9.97 Å². The summed E-state index contributed by atoms with van der Waals surface area (Å²) in [6.07, 6.45) is 9.51. The first-order valence-electron chi connectivity index (χ1n) is 10.6. The highest BCUT2D eigenvalue weighted by atomic mass is 16.3. The van der Waals surface area contributed by atoms with Crippen LogP contribution in [-0.4, -0.2) is 15.1 Å². The number of hydrogen-bond acceptors (Lipinski definition) is 3. The van der Waals surface area contributed by atoms with Crippen molar-refractivity contribution in [3.05, 3.63) is 161 Å². The molecule has 1 atom stereocenters. The molecule has 2 heterocycles. The van der Waals surface area contributed by atoms with E-state index >= 15 is 0 Å². The molecule has 1 aliphatic carbocycles. The molecule has 1 N–H and O–H groups in total. The highest BCUT2D eigenvalue weighted by Crippen LogP contribution is 2.44. The largest absolute Gasteiger partial charge is 0.374 e. The zero-order chi connectivity index (χ0) is 21.8. The molecule has 0 radical (unpaired) electrons. The maximum absolute atomic E-state index is 12.3. The first kappa shape index (κ1) is 19.9. The van der Waals surface area contributed by atoms with Crippen molar-refractivity contribution < 1.29 is 5.11 Å². The van der Waals surface area contributed by atoms with Gasteiger partial charge in [0.25, 0.3) is 0 Å². The van der Waals surface area contributed by atoms with Gasteiger partial charge in [0.1, 0.15) is 0 Å². The van der Waals surface area contributed by atoms with E-state index < -0.39 is 5.60 Å². The Morgan fingerprint density at radius 1 is 0.688 bits per heavy atom. The van der Waals surface area contributed by atoms with Crippen LogP contribution in [0.5, 0.6) is 0 Å². The van der Waals surface area contributed by atoms with Crippen molar-refractivity contribution in [2.24, 2.45) is 0 Å². The average Bonchev–Trinajstić information content (AvgIpc) is 3.36. The maximum Gasteiger partial charge on any atom is 0.157 e. The number of pyridine rings is 2. The molecule has 0 amide bonds. The molecule has 5 rings (SSSR count). The molecule has 0 aliphatic heterocycles. The molecule has 0 fully saturated rings. The quantitative estimate of drug-likeness (QED) is 0.455. The Bertz CT molecular complexity index is 1210. The second-order valence-corrected chi connectivity index (χ2v) is 7.60. The van der Waals surface area contributed by atoms with E-state index in [0.29, 0.717) is 5.69 Å². The van der Waals surface area contributed by atoms with Gasteiger partial charge < -0.3 is 5.11 Å². The standard InChI is InChI=1S/C29H22N2O/c32-29(23-14-5-2-6-15-23,27-19-8-10-21-31-27)25-17-11-16-24(25)28(22-12-3-1-4-13-22)26-18-7-9-20-30-26/h1-21,32H/b28-24+. The van der Waals surface area contributed by atoms with Gasteiger partial charge in [0.15, 0.2) is 5.60 Å². The Hall–Kier alpha value is -4.08. The Kier molecular flexibility index (Phi) is 5.32. The monoisotopic (exact) mass is 414 g/mol. The van der Waals surface area contributed by atoms with Crippen molar-refractivity contribution in [2.45, 2.75) is 5.60 Å². The molecule has 1 unspecified atom stereocenters. The number of aliphatic hydroxyl groups is 1. The lowest BCUT2D eigenvalue weighted by molar-refractivity contribution is 0.119. The van der Waals surface area contributed by atoms with Crippen molar-refractivity contribution in [3.63, 3.8) is 0 Å². The van der Waals surface area contributed by atoms with Crippen LogP contribution >= 0.6 is 0 Å². The van der Waals surface area contributed by atoms with E-state index in [1.165, 1.54) is 0 Å². The van der Waals surface area contributed by atoms with Crippen LogP contribution in [0.4, 0.5) is 0 Å². The van der Waals surface area contributed by atoms with Crippen LogP contribution in [0.3, 0.4) is 0 Å². The third-order valence-electron chi connectivity index (χ3n) is 5.69. The summed E-state index contributed by atoms with van der Waals surface area (Å²) in [4.78, 5) is 9.20. The fourth-order valence-corrected chi connectivity index (χ4v) is 4.21. The first-order valence-corrected chi connectivity index (χ1v) is 10.6. The minimum atomic E-state index is -1.42. The zero-order valence-electron chi connectivity index (χ0n) is 17.5. The summed E-state index contributed by atoms with van der Waals surface area (Å²) in [5.41, 5.74) is 4.47. The van der Waals surface area contributed by atoms with Crippen molar-refractivity contribution in [1.29, 1.82) is 0 Å². The smallest absolute Gasteiger partial charge is 0.157 e. The fraction of sp³-hybridized carbons (Fsp3) is 0.0345. The number of allylic oxidation sites excluding steroid dienone is 3. The molecule has 3 heteroatoms. The van der Waals surface area contributed by atoms with Gasteiger partial charge in [0.05, 0.1) is 11.4 Å². The normalized spacial score (nSPS) is 16.3. The van der Waals surface area contributed by atoms with E-state index in [9.17, 15) is 5.11 Å². The molecular weight excluding hydrogens is 392 g/mol. The van der Waals surface area contributed by atoms with Crippen LogP contribution in [0.2, 0.25) is 0 Å². The van der Waals surface area contributed by atoms with Gasteiger partial charge in [-0.15, -0.1) is 0 Å². The predicted octanol–water partition coefficient (Wildman–Crippen LogP) is 5.71. The van der Waals surface area contributed by atoms with Gasteiger partial charge in [0.2, 0.25) is 0 Å². The van der Waals surface area contributed by atoms with Crippen molar-refractivity contribution >= 4 is 5.57 Å². The van der Waals surface area contributed by atoms with Crippen molar-refractivity contribution in [2.75, 3.05) is 0 Å². The van der Waals surface area contributed by atoms with E-state index in [0.717, 1.165) is 33.5 Å². The molecule has 3 nitrogen and oxygen atoms in total. The molecule has 0 saturated carbocycles. The average molecular weight is 415 g/mol. The molecule has 4 aromatic rings. The summed E-state index contributed by atoms with van der Waals surface area (Å²) >= 11 is 0. The molecule has 154 valence electrons. The first-order chi connectivity index (χ1) is 15.8. The summed E-state index contributed by atoms with van der Waals surface area (Å²) in [7, 11) is 0. The highest BCUT2D eigenvalue weighted by Gasteiger charge is 2.40. The summed E-state index contributed by atoms with van der Waals surface area (Å²) in [6.45, 7) is 0. The Morgan fingerprint density at radius 2 is 1.34 bits per heavy atom. The van der Waals surface area contributed by atoms with E-state index in [1.54, 1.807) is 12.4 Å². The lowest BCUT2D eigenvalue weighted by Crippen LogP contribution is -2.31. The molecule has 2 aromatic carbocycles. The van der Waals surface area contributed by atoms with Gasteiger partial charge in [-0.25, -0.2) is 0 Å². The summed E-state index contributed by atoms with van der Waals surface area (Å²) < 4.78 is 0. The van der Waals surface area contributed by atoms with Crippen LogP contribution in [-0.2, 0) is 5.60 Å². The number of benzene rings is 2. The van der Waals surface area contributed by atoms with E-state index in [-0.39, 0.29) is 0 Å². The van der Waals surface area contributed by atoms with Crippen molar-refractivity contribution in [3.8, 4) is 0 Å². The summed E-state index contributed by atoms with van der Waals surface area (Å²) in [5, 5.41) is 12.3. The van der Waals surface area contributed by atoms with Crippen LogP contribution in [0, 0.1) is 0 Å². The maximum atomic E-state index is 12.3. The lowest BCUT2D eigenvalue weighted by Gasteiger charge is -2.31. The Labute approximate surface area is 187 Å². The molecule has 0 spiro atoms. The SMILES string of the molecule is OC(C1=CC=C/C1=C(/c1ccccc1)c1ccccn1)(c1ccccc1)c1ccccn1. The second kappa shape index (κ2) is 8.58. The summed E-state index contributed by atoms with van der Waals surface area (Å²) in [5.74, 6) is 0. The molecule has 32 heavy (non-hydrogen) atoms. The third kappa shape index (κ3) is 3.49. The van der Waals surface area contributed by atoms with Gasteiger partial charge in [-0.2, -0.15) is 0 Å². The van der Waals surface area contributed by atoms with Crippen molar-refractivity contribution in [1.82, 2.24) is 9.97 Å². The van der Waals surface area contributed by atoms with Crippen LogP contribution < -0.4 is 0 Å². The minimum Gasteiger partial charge on any atom is -0.374 e. The predicted molar refractivity (Wildman–Crippen MR) is 128 cm³/mol. The van der Waals surface area contributed by atoms with Crippen LogP contribution in [0.25, 0.3) is 5.57 Å². The molecule has 0 saturated heterocycles. The van der Waals surface area contributed by atoms with E-state index in [4.69, 9.17) is 0 Å². The van der Waals surface area contributed by atoms with E-state index in [1.807, 2.05) is 103 Å². The lowest BCUT2D eigenvalue weighted by atomic mass is 9.78. The minimum absolute atomic E-state index is 0.576. The van der Waals surface area contributed by atoms with Gasteiger partial charge in [0, 0.05) is 23.5 Å². The van der Waals surface area contributed by atoms with Gasteiger partial charge in [-0.1, -0.05) is 91.0 Å². The number of hydrogen-bond donors (Lipinski definition) is 1. The molecule has 2 aromatic heterocycles. The second-order valence-electron chi connectivity index (χ2n) is 7.60. The molecular formula is C29H22N2O. The topological polar surface area (TPSA) is 46.0 Å². The van der Waals surface area contributed by atoms with Gasteiger partial charge >= 0.3 is 0 Å². The fourth-order valence-electron chi connectivity index (χ4n) is 4.21. The zero-order valence-corrected chi connectivity index (χ0v) is 17.5. The number of nitrogens with zero attached hydrogens (tertiary/aromatic N) is 2. The van der Waals surface area contributed by atoms with Gasteiger partial charge in [-0.05, 0) is 41.0 Å².